The topological polar surface area (TPSA) is 79.3 Å². The van der Waals surface area contributed by atoms with Crippen molar-refractivity contribution in [2.75, 3.05) is 31.1 Å². The van der Waals surface area contributed by atoms with Gasteiger partial charge in [-0.1, -0.05) is 18.2 Å². The predicted molar refractivity (Wildman–Crippen MR) is 105 cm³/mol. The summed E-state index contributed by atoms with van der Waals surface area (Å²) in [5, 5.41) is 10.7. The second-order valence-corrected chi connectivity index (χ2v) is 6.84. The standard InChI is InChI=1S/C19H23N5O2.ClH/c25-17-14-15-4-1-2-5-16(15)23(17)13-11-21-18(26)19(6-9-20-10-7-19)24-12-3-8-22-24;/h1-5,8,12,20H,6-7,9-11,13-14H2,(H,21,26);1H. The molecule has 0 spiro atoms. The number of nitrogens with zero attached hydrogens (tertiary/aromatic N) is 3. The fourth-order valence-corrected chi connectivity index (χ4v) is 3.93. The summed E-state index contributed by atoms with van der Waals surface area (Å²) in [6.45, 7) is 2.47. The number of para-hydroxylation sites is 1. The van der Waals surface area contributed by atoms with Crippen molar-refractivity contribution >= 4 is 29.9 Å². The lowest BCUT2D eigenvalue weighted by Crippen LogP contribution is -2.55. The van der Waals surface area contributed by atoms with Gasteiger partial charge in [-0.25, -0.2) is 0 Å². The van der Waals surface area contributed by atoms with Crippen LogP contribution in [0.1, 0.15) is 18.4 Å². The van der Waals surface area contributed by atoms with Crippen molar-refractivity contribution in [3.63, 3.8) is 0 Å². The molecule has 4 rings (SSSR count). The van der Waals surface area contributed by atoms with Crippen molar-refractivity contribution in [3.8, 4) is 0 Å². The molecule has 1 aromatic carbocycles. The van der Waals surface area contributed by atoms with Gasteiger partial charge in [-0.15, -0.1) is 12.4 Å². The minimum absolute atomic E-state index is 0. The van der Waals surface area contributed by atoms with Crippen LogP contribution in [0.2, 0.25) is 0 Å². The first-order valence-corrected chi connectivity index (χ1v) is 9.08. The first kappa shape index (κ1) is 19.4. The minimum Gasteiger partial charge on any atom is -0.352 e. The summed E-state index contributed by atoms with van der Waals surface area (Å²) in [5.41, 5.74) is 1.35. The van der Waals surface area contributed by atoms with Gasteiger partial charge in [0.15, 0.2) is 0 Å². The molecule has 0 radical (unpaired) electrons. The SMILES string of the molecule is Cl.O=C1Cc2ccccc2N1CCNC(=O)C1(n2cccn2)CCNCC1. The number of amides is 2. The van der Waals surface area contributed by atoms with Crippen molar-refractivity contribution in [2.45, 2.75) is 24.8 Å². The van der Waals surface area contributed by atoms with E-state index in [1.807, 2.05) is 36.5 Å². The van der Waals surface area contributed by atoms with E-state index in [0.29, 0.717) is 32.4 Å². The predicted octanol–water partition coefficient (Wildman–Crippen LogP) is 1.09. The summed E-state index contributed by atoms with van der Waals surface area (Å²) in [4.78, 5) is 27.0. The second-order valence-electron chi connectivity index (χ2n) is 6.84. The van der Waals surface area contributed by atoms with E-state index in [1.165, 1.54) is 0 Å². The molecule has 1 fully saturated rings. The molecule has 0 saturated carbocycles. The molecule has 1 aromatic heterocycles. The van der Waals surface area contributed by atoms with Crippen LogP contribution in [0, 0.1) is 0 Å². The number of hydrogen-bond acceptors (Lipinski definition) is 4. The van der Waals surface area contributed by atoms with Crippen molar-refractivity contribution in [2.24, 2.45) is 0 Å². The number of aromatic nitrogens is 2. The molecule has 1 saturated heterocycles. The van der Waals surface area contributed by atoms with Gasteiger partial charge in [0.2, 0.25) is 11.8 Å². The number of rotatable bonds is 5. The maximum absolute atomic E-state index is 13.0. The number of halogens is 1. The van der Waals surface area contributed by atoms with E-state index in [-0.39, 0.29) is 24.2 Å². The molecule has 2 N–H and O–H groups in total. The number of benzene rings is 1. The molecule has 144 valence electrons. The molecule has 3 heterocycles. The molecule has 2 aromatic rings. The van der Waals surface area contributed by atoms with Gasteiger partial charge in [-0.3, -0.25) is 14.3 Å². The quantitative estimate of drug-likeness (QED) is 0.802. The monoisotopic (exact) mass is 389 g/mol. The van der Waals surface area contributed by atoms with Gasteiger partial charge in [0.05, 0.1) is 6.42 Å². The highest BCUT2D eigenvalue weighted by atomic mass is 35.5. The maximum Gasteiger partial charge on any atom is 0.248 e. The third-order valence-corrected chi connectivity index (χ3v) is 5.34. The molecule has 27 heavy (non-hydrogen) atoms. The highest BCUT2D eigenvalue weighted by molar-refractivity contribution is 6.01. The molecule has 0 atom stereocenters. The number of carbonyl (C=O) groups is 2. The van der Waals surface area contributed by atoms with E-state index in [4.69, 9.17) is 0 Å². The third kappa shape index (κ3) is 3.57. The van der Waals surface area contributed by atoms with Crippen LogP contribution in [0.4, 0.5) is 5.69 Å². The van der Waals surface area contributed by atoms with Crippen LogP contribution in [0.25, 0.3) is 0 Å². The fraction of sp³-hybridized carbons (Fsp3) is 0.421. The molecule has 2 amide bonds. The highest BCUT2D eigenvalue weighted by Crippen LogP contribution is 2.29. The number of nitrogens with one attached hydrogen (secondary N) is 2. The molecular weight excluding hydrogens is 366 g/mol. The molecule has 0 aliphatic carbocycles. The van der Waals surface area contributed by atoms with Crippen LogP contribution in [-0.4, -0.2) is 47.8 Å². The fourth-order valence-electron chi connectivity index (χ4n) is 3.93. The Balaban J connectivity index is 0.00000210. The second kappa shape index (κ2) is 8.10. The third-order valence-electron chi connectivity index (χ3n) is 5.34. The summed E-state index contributed by atoms with van der Waals surface area (Å²) < 4.78 is 1.78. The molecular formula is C19H24ClN5O2. The van der Waals surface area contributed by atoms with Gasteiger partial charge in [-0.05, 0) is 43.6 Å². The van der Waals surface area contributed by atoms with Crippen LogP contribution >= 0.6 is 12.4 Å². The molecule has 2 aliphatic heterocycles. The van der Waals surface area contributed by atoms with Gasteiger partial charge < -0.3 is 15.5 Å². The number of hydrogen-bond donors (Lipinski definition) is 2. The van der Waals surface area contributed by atoms with E-state index >= 15 is 0 Å². The molecule has 7 nitrogen and oxygen atoms in total. The smallest absolute Gasteiger partial charge is 0.248 e. The molecule has 2 aliphatic rings. The average Bonchev–Trinajstić information content (AvgIpc) is 3.31. The van der Waals surface area contributed by atoms with Gasteiger partial charge in [0.25, 0.3) is 0 Å². The lowest BCUT2D eigenvalue weighted by Gasteiger charge is -2.36. The van der Waals surface area contributed by atoms with Crippen LogP contribution in [0.15, 0.2) is 42.7 Å². The number of fused-ring (bicyclic) bond motifs is 1. The van der Waals surface area contributed by atoms with Crippen molar-refractivity contribution in [1.29, 1.82) is 0 Å². The zero-order valence-electron chi connectivity index (χ0n) is 15.1. The summed E-state index contributed by atoms with van der Waals surface area (Å²) in [6.07, 6.45) is 5.40. The van der Waals surface area contributed by atoms with Gasteiger partial charge >= 0.3 is 0 Å². The van der Waals surface area contributed by atoms with Crippen molar-refractivity contribution in [1.82, 2.24) is 20.4 Å². The Morgan fingerprint density at radius 1 is 1.22 bits per heavy atom. The van der Waals surface area contributed by atoms with Gasteiger partial charge in [-0.2, -0.15) is 5.10 Å². The average molecular weight is 390 g/mol. The Morgan fingerprint density at radius 2 is 2.00 bits per heavy atom. The number of piperidine rings is 1. The summed E-state index contributed by atoms with van der Waals surface area (Å²) in [5.74, 6) is 0.0618. The Labute approximate surface area is 164 Å². The van der Waals surface area contributed by atoms with Crippen LogP contribution in [0.3, 0.4) is 0 Å². The zero-order valence-corrected chi connectivity index (χ0v) is 15.9. The van der Waals surface area contributed by atoms with Crippen LogP contribution < -0.4 is 15.5 Å². The summed E-state index contributed by atoms with van der Waals surface area (Å²) in [7, 11) is 0. The van der Waals surface area contributed by atoms with Gasteiger partial charge in [0, 0.05) is 31.2 Å². The Kier molecular flexibility index (Phi) is 5.82. The van der Waals surface area contributed by atoms with Crippen molar-refractivity contribution in [3.05, 3.63) is 48.3 Å². The molecule has 0 unspecified atom stereocenters. The van der Waals surface area contributed by atoms with E-state index in [0.717, 1.165) is 24.3 Å². The first-order valence-electron chi connectivity index (χ1n) is 9.08. The van der Waals surface area contributed by atoms with Gasteiger partial charge in [0.1, 0.15) is 5.54 Å². The van der Waals surface area contributed by atoms with Crippen LogP contribution in [0.5, 0.6) is 0 Å². The largest absolute Gasteiger partial charge is 0.352 e. The highest BCUT2D eigenvalue weighted by Gasteiger charge is 2.41. The summed E-state index contributed by atoms with van der Waals surface area (Å²) >= 11 is 0. The van der Waals surface area contributed by atoms with Crippen molar-refractivity contribution < 1.29 is 9.59 Å². The Morgan fingerprint density at radius 3 is 2.74 bits per heavy atom. The number of anilines is 1. The first-order chi connectivity index (χ1) is 12.7. The van der Waals surface area contributed by atoms with Crippen LogP contribution in [-0.2, 0) is 21.5 Å². The van der Waals surface area contributed by atoms with E-state index in [2.05, 4.69) is 15.7 Å². The Bertz CT molecular complexity index is 802. The zero-order chi connectivity index (χ0) is 18.0. The number of carbonyl (C=O) groups excluding carboxylic acids is 2. The molecule has 8 heteroatoms. The maximum atomic E-state index is 13.0. The minimum atomic E-state index is -0.651. The lowest BCUT2D eigenvalue weighted by atomic mass is 9.87. The Hall–Kier alpha value is -2.38. The molecule has 0 bridgehead atoms. The van der Waals surface area contributed by atoms with E-state index in [1.54, 1.807) is 15.8 Å². The normalized spacial score (nSPS) is 17.9. The van der Waals surface area contributed by atoms with E-state index < -0.39 is 5.54 Å². The lowest BCUT2D eigenvalue weighted by molar-refractivity contribution is -0.132. The van der Waals surface area contributed by atoms with E-state index in [9.17, 15) is 9.59 Å². The summed E-state index contributed by atoms with van der Waals surface area (Å²) in [6, 6.07) is 9.66.